The zero-order valence-electron chi connectivity index (χ0n) is 14.0. The van der Waals surface area contributed by atoms with E-state index in [4.69, 9.17) is 4.74 Å². The zero-order chi connectivity index (χ0) is 17.9. The van der Waals surface area contributed by atoms with Crippen LogP contribution in [-0.4, -0.2) is 34.8 Å². The van der Waals surface area contributed by atoms with E-state index >= 15 is 0 Å². The highest BCUT2D eigenvalue weighted by atomic mass is 79.9. The molecular weight excluding hydrogens is 374 g/mol. The van der Waals surface area contributed by atoms with Crippen LogP contribution in [0.25, 0.3) is 5.69 Å². The Balaban J connectivity index is 2.25. The van der Waals surface area contributed by atoms with Crippen LogP contribution in [0.15, 0.2) is 34.9 Å². The molecule has 2 aromatic rings. The zero-order valence-corrected chi connectivity index (χ0v) is 15.6. The molecule has 0 saturated heterocycles. The van der Waals surface area contributed by atoms with Gasteiger partial charge in [-0.25, -0.2) is 9.48 Å². The maximum absolute atomic E-state index is 12.5. The van der Waals surface area contributed by atoms with Gasteiger partial charge < -0.3 is 10.1 Å². The highest BCUT2D eigenvalue weighted by molar-refractivity contribution is 9.10. The summed E-state index contributed by atoms with van der Waals surface area (Å²) in [7, 11) is 1.31. The van der Waals surface area contributed by atoms with Crippen molar-refractivity contribution in [3.63, 3.8) is 0 Å². The van der Waals surface area contributed by atoms with Crippen molar-refractivity contribution in [3.05, 3.63) is 46.2 Å². The number of ether oxygens (including phenoxy) is 1. The minimum Gasteiger partial charge on any atom is -0.467 e. The molecule has 2 rings (SSSR count). The Morgan fingerprint density at radius 3 is 2.42 bits per heavy atom. The fraction of sp³-hybridized carbons (Fsp3) is 0.353. The molecule has 0 aliphatic heterocycles. The largest absolute Gasteiger partial charge is 0.467 e. The molecule has 1 heterocycles. The van der Waals surface area contributed by atoms with Crippen molar-refractivity contribution < 1.29 is 14.3 Å². The van der Waals surface area contributed by atoms with Crippen molar-refractivity contribution in [1.29, 1.82) is 0 Å². The Morgan fingerprint density at radius 2 is 1.88 bits per heavy atom. The number of esters is 1. The number of carbonyl (C=O) groups is 2. The first-order valence-electron chi connectivity index (χ1n) is 7.54. The molecule has 0 fully saturated rings. The summed E-state index contributed by atoms with van der Waals surface area (Å²) < 4.78 is 7.40. The van der Waals surface area contributed by atoms with Gasteiger partial charge in [-0.2, -0.15) is 5.10 Å². The molecule has 1 atom stereocenters. The van der Waals surface area contributed by atoms with Crippen molar-refractivity contribution in [2.24, 2.45) is 5.92 Å². The van der Waals surface area contributed by atoms with Crippen LogP contribution >= 0.6 is 15.9 Å². The first-order chi connectivity index (χ1) is 11.3. The maximum atomic E-state index is 12.5. The van der Waals surface area contributed by atoms with E-state index in [1.165, 1.54) is 13.3 Å². The molecule has 1 aromatic heterocycles. The lowest BCUT2D eigenvalue weighted by molar-refractivity contribution is -0.144. The van der Waals surface area contributed by atoms with Crippen LogP contribution in [0.4, 0.5) is 0 Å². The number of halogens is 1. The number of hydrogen-bond donors (Lipinski definition) is 1. The molecule has 1 amide bonds. The minimum absolute atomic E-state index is 0.0803. The predicted molar refractivity (Wildman–Crippen MR) is 94.1 cm³/mol. The molecule has 1 N–H and O–H groups in total. The van der Waals surface area contributed by atoms with E-state index in [-0.39, 0.29) is 11.8 Å². The van der Waals surface area contributed by atoms with E-state index < -0.39 is 12.0 Å². The van der Waals surface area contributed by atoms with Crippen LogP contribution in [0.2, 0.25) is 0 Å². The summed E-state index contributed by atoms with van der Waals surface area (Å²) in [6.45, 7) is 5.51. The summed E-state index contributed by atoms with van der Waals surface area (Å²) in [5.41, 5.74) is 1.97. The molecule has 0 aliphatic carbocycles. The number of methoxy groups -OCH3 is 1. The van der Waals surface area contributed by atoms with Gasteiger partial charge in [0.2, 0.25) is 0 Å². The van der Waals surface area contributed by atoms with Crippen molar-refractivity contribution in [3.8, 4) is 5.69 Å². The van der Waals surface area contributed by atoms with Crippen LogP contribution in [0.1, 0.15) is 29.9 Å². The summed E-state index contributed by atoms with van der Waals surface area (Å²) in [6, 6.07) is 6.91. The monoisotopic (exact) mass is 393 g/mol. The SMILES string of the molecule is COC(=O)[C@H](NC(=O)c1cnn(-c2ccc(Br)cc2)c1C)C(C)C. The Labute approximate surface area is 149 Å². The average molecular weight is 394 g/mol. The van der Waals surface area contributed by atoms with E-state index in [9.17, 15) is 9.59 Å². The molecule has 24 heavy (non-hydrogen) atoms. The van der Waals surface area contributed by atoms with Gasteiger partial charge >= 0.3 is 5.97 Å². The van der Waals surface area contributed by atoms with Gasteiger partial charge in [0.1, 0.15) is 6.04 Å². The lowest BCUT2D eigenvalue weighted by Gasteiger charge is -2.19. The third kappa shape index (κ3) is 3.84. The van der Waals surface area contributed by atoms with E-state index in [2.05, 4.69) is 26.3 Å². The molecule has 0 bridgehead atoms. The number of nitrogens with one attached hydrogen (secondary N) is 1. The number of rotatable bonds is 5. The third-order valence-electron chi connectivity index (χ3n) is 3.73. The fourth-order valence-electron chi connectivity index (χ4n) is 2.32. The summed E-state index contributed by atoms with van der Waals surface area (Å²) in [4.78, 5) is 24.3. The Morgan fingerprint density at radius 1 is 1.25 bits per heavy atom. The first-order valence-corrected chi connectivity index (χ1v) is 8.33. The van der Waals surface area contributed by atoms with Crippen LogP contribution in [0, 0.1) is 12.8 Å². The maximum Gasteiger partial charge on any atom is 0.328 e. The summed E-state index contributed by atoms with van der Waals surface area (Å²) in [6.07, 6.45) is 1.50. The van der Waals surface area contributed by atoms with Crippen molar-refractivity contribution >= 4 is 27.8 Å². The lowest BCUT2D eigenvalue weighted by Crippen LogP contribution is -2.45. The summed E-state index contributed by atoms with van der Waals surface area (Å²) in [5, 5.41) is 7.00. The number of amides is 1. The second kappa shape index (κ2) is 7.61. The highest BCUT2D eigenvalue weighted by Gasteiger charge is 2.26. The number of benzene rings is 1. The number of aromatic nitrogens is 2. The molecule has 128 valence electrons. The summed E-state index contributed by atoms with van der Waals surface area (Å²) in [5.74, 6) is -0.889. The van der Waals surface area contributed by atoms with E-state index in [1.807, 2.05) is 45.0 Å². The Kier molecular flexibility index (Phi) is 5.77. The normalized spacial score (nSPS) is 12.1. The number of carbonyl (C=O) groups excluding carboxylic acids is 2. The lowest BCUT2D eigenvalue weighted by atomic mass is 10.0. The molecule has 7 heteroatoms. The second-order valence-electron chi connectivity index (χ2n) is 5.75. The number of nitrogens with zero attached hydrogens (tertiary/aromatic N) is 2. The topological polar surface area (TPSA) is 73.2 Å². The van der Waals surface area contributed by atoms with Crippen LogP contribution < -0.4 is 5.32 Å². The van der Waals surface area contributed by atoms with Gasteiger partial charge in [0, 0.05) is 4.47 Å². The predicted octanol–water partition coefficient (Wildman–Crippen LogP) is 2.87. The molecule has 0 saturated carbocycles. The van der Waals surface area contributed by atoms with Crippen LogP contribution in [0.3, 0.4) is 0 Å². The van der Waals surface area contributed by atoms with Gasteiger partial charge in [-0.15, -0.1) is 0 Å². The van der Waals surface area contributed by atoms with Crippen LogP contribution in [-0.2, 0) is 9.53 Å². The molecule has 6 nitrogen and oxygen atoms in total. The van der Waals surface area contributed by atoms with E-state index in [0.29, 0.717) is 11.3 Å². The molecule has 0 radical (unpaired) electrons. The van der Waals surface area contributed by atoms with Gasteiger partial charge in [-0.05, 0) is 37.1 Å². The molecule has 0 unspecified atom stereocenters. The quantitative estimate of drug-likeness (QED) is 0.792. The molecule has 0 spiro atoms. The van der Waals surface area contributed by atoms with E-state index in [0.717, 1.165) is 10.2 Å². The average Bonchev–Trinajstić information content (AvgIpc) is 2.94. The van der Waals surface area contributed by atoms with Gasteiger partial charge in [0.15, 0.2) is 0 Å². The molecular formula is C17H20BrN3O3. The summed E-state index contributed by atoms with van der Waals surface area (Å²) >= 11 is 3.39. The van der Waals surface area contributed by atoms with Gasteiger partial charge in [0.05, 0.1) is 30.3 Å². The Bertz CT molecular complexity index is 738. The van der Waals surface area contributed by atoms with Crippen molar-refractivity contribution in [2.75, 3.05) is 7.11 Å². The second-order valence-corrected chi connectivity index (χ2v) is 6.67. The molecule has 0 aliphatic rings. The minimum atomic E-state index is -0.696. The van der Waals surface area contributed by atoms with Crippen molar-refractivity contribution in [2.45, 2.75) is 26.8 Å². The van der Waals surface area contributed by atoms with Gasteiger partial charge in [0.25, 0.3) is 5.91 Å². The number of hydrogen-bond acceptors (Lipinski definition) is 4. The van der Waals surface area contributed by atoms with E-state index in [1.54, 1.807) is 4.68 Å². The third-order valence-corrected chi connectivity index (χ3v) is 4.26. The standard InChI is InChI=1S/C17H20BrN3O3/c1-10(2)15(17(23)24-4)20-16(22)14-9-19-21(11(14)3)13-7-5-12(18)6-8-13/h5-10,15H,1-4H3,(H,20,22)/t15-/m1/s1. The smallest absolute Gasteiger partial charge is 0.328 e. The Hall–Kier alpha value is -2.15. The van der Waals surface area contributed by atoms with Crippen molar-refractivity contribution in [1.82, 2.24) is 15.1 Å². The van der Waals surface area contributed by atoms with Gasteiger partial charge in [-0.1, -0.05) is 29.8 Å². The highest BCUT2D eigenvalue weighted by Crippen LogP contribution is 2.17. The fourth-order valence-corrected chi connectivity index (χ4v) is 2.58. The van der Waals surface area contributed by atoms with Crippen LogP contribution in [0.5, 0.6) is 0 Å². The first kappa shape index (κ1) is 18.2. The molecule has 1 aromatic carbocycles. The van der Waals surface area contributed by atoms with Gasteiger partial charge in [-0.3, -0.25) is 4.79 Å².